The van der Waals surface area contributed by atoms with E-state index in [1.807, 2.05) is 39.8 Å². The van der Waals surface area contributed by atoms with Crippen LogP contribution in [0.1, 0.15) is 27.7 Å². The van der Waals surface area contributed by atoms with Crippen LogP contribution in [-0.4, -0.2) is 9.55 Å². The van der Waals surface area contributed by atoms with Crippen molar-refractivity contribution >= 4 is 33.4 Å². The van der Waals surface area contributed by atoms with E-state index in [1.165, 1.54) is 21.8 Å². The maximum absolute atomic E-state index is 6.04. The molecule has 0 aliphatic heterocycles. The third-order valence-corrected chi connectivity index (χ3v) is 3.76. The van der Waals surface area contributed by atoms with Crippen LogP contribution in [0, 0.1) is 0 Å². The van der Waals surface area contributed by atoms with Crippen LogP contribution in [0.4, 0.5) is 0 Å². The van der Waals surface area contributed by atoms with E-state index in [-0.39, 0.29) is 0 Å². The molecule has 0 bridgehead atoms. The van der Waals surface area contributed by atoms with Crippen molar-refractivity contribution in [3.8, 4) is 5.69 Å². The van der Waals surface area contributed by atoms with E-state index in [0.717, 1.165) is 5.69 Å². The van der Waals surface area contributed by atoms with Gasteiger partial charge in [-0.2, -0.15) is 0 Å². The molecule has 0 aliphatic carbocycles. The van der Waals surface area contributed by atoms with E-state index in [0.29, 0.717) is 5.15 Å². The molecular weight excluding hydrogens is 316 g/mol. The lowest BCUT2D eigenvalue weighted by molar-refractivity contribution is 1.16. The summed E-state index contributed by atoms with van der Waals surface area (Å²) in [6, 6.07) is 20.7. The van der Waals surface area contributed by atoms with Crippen LogP contribution in [0.5, 0.6) is 0 Å². The minimum atomic E-state index is 0.504. The minimum absolute atomic E-state index is 0.504. The molecule has 0 fully saturated rings. The highest BCUT2D eigenvalue weighted by Crippen LogP contribution is 2.31. The maximum Gasteiger partial charge on any atom is 0.131 e. The third kappa shape index (κ3) is 3.29. The first-order chi connectivity index (χ1) is 11.8. The zero-order valence-electron chi connectivity index (χ0n) is 14.6. The number of hydrogen-bond acceptors (Lipinski definition) is 1. The number of benzene rings is 2. The number of halogens is 1. The third-order valence-electron chi connectivity index (χ3n) is 3.55. The molecule has 0 radical (unpaired) electrons. The van der Waals surface area contributed by atoms with Gasteiger partial charge in [0.05, 0.1) is 16.7 Å². The SMILES string of the molecule is CC.CC.Clc1cc(-n2c3ccccc3c3ccccc32)ccn1. The second kappa shape index (κ2) is 8.51. The van der Waals surface area contributed by atoms with Gasteiger partial charge in [-0.3, -0.25) is 0 Å². The van der Waals surface area contributed by atoms with Crippen molar-refractivity contribution in [2.45, 2.75) is 27.7 Å². The van der Waals surface area contributed by atoms with E-state index in [1.54, 1.807) is 6.20 Å². The van der Waals surface area contributed by atoms with Crippen molar-refractivity contribution in [1.29, 1.82) is 0 Å². The van der Waals surface area contributed by atoms with Crippen LogP contribution in [0.15, 0.2) is 66.9 Å². The molecule has 4 aromatic rings. The lowest BCUT2D eigenvalue weighted by Gasteiger charge is -2.07. The number of nitrogens with zero attached hydrogens (tertiary/aromatic N) is 2. The predicted molar refractivity (Wildman–Crippen MR) is 106 cm³/mol. The Labute approximate surface area is 148 Å². The van der Waals surface area contributed by atoms with Gasteiger partial charge in [0.1, 0.15) is 5.15 Å². The van der Waals surface area contributed by atoms with Crippen LogP contribution >= 0.6 is 11.6 Å². The molecule has 124 valence electrons. The molecule has 0 saturated heterocycles. The topological polar surface area (TPSA) is 17.8 Å². The van der Waals surface area contributed by atoms with Crippen LogP contribution in [-0.2, 0) is 0 Å². The highest BCUT2D eigenvalue weighted by atomic mass is 35.5. The maximum atomic E-state index is 6.04. The van der Waals surface area contributed by atoms with Gasteiger partial charge in [-0.25, -0.2) is 4.98 Å². The Hall–Kier alpha value is -2.32. The number of pyridine rings is 1. The number of para-hydroxylation sites is 2. The molecule has 2 aromatic carbocycles. The van der Waals surface area contributed by atoms with Crippen molar-refractivity contribution < 1.29 is 0 Å². The summed E-state index contributed by atoms with van der Waals surface area (Å²) in [4.78, 5) is 4.06. The predicted octanol–water partition coefficient (Wildman–Crippen LogP) is 6.88. The van der Waals surface area contributed by atoms with E-state index < -0.39 is 0 Å². The fourth-order valence-corrected chi connectivity index (χ4v) is 2.90. The second-order valence-corrected chi connectivity index (χ2v) is 5.09. The Morgan fingerprint density at radius 2 is 1.25 bits per heavy atom. The number of hydrogen-bond donors (Lipinski definition) is 0. The molecule has 0 spiro atoms. The quantitative estimate of drug-likeness (QED) is 0.346. The zero-order chi connectivity index (χ0) is 17.5. The Balaban J connectivity index is 0.000000487. The van der Waals surface area contributed by atoms with Crippen molar-refractivity contribution in [3.05, 3.63) is 72.0 Å². The molecule has 0 aliphatic rings. The molecule has 0 unspecified atom stereocenters. The molecule has 0 atom stereocenters. The first kappa shape index (κ1) is 18.0. The van der Waals surface area contributed by atoms with Crippen molar-refractivity contribution in [2.75, 3.05) is 0 Å². The monoisotopic (exact) mass is 338 g/mol. The van der Waals surface area contributed by atoms with Gasteiger partial charge in [0, 0.05) is 17.0 Å². The first-order valence-corrected chi connectivity index (χ1v) is 8.82. The molecular formula is C21H23ClN2. The van der Waals surface area contributed by atoms with E-state index in [9.17, 15) is 0 Å². The Bertz CT molecular complexity index is 872. The smallest absolute Gasteiger partial charge is 0.131 e. The number of rotatable bonds is 1. The summed E-state index contributed by atoms with van der Waals surface area (Å²) >= 11 is 6.04. The Morgan fingerprint density at radius 3 is 1.75 bits per heavy atom. The lowest BCUT2D eigenvalue weighted by Crippen LogP contribution is -1.93. The van der Waals surface area contributed by atoms with Crippen LogP contribution in [0.3, 0.4) is 0 Å². The van der Waals surface area contributed by atoms with Gasteiger partial charge in [0.25, 0.3) is 0 Å². The fraction of sp³-hybridized carbons (Fsp3) is 0.190. The van der Waals surface area contributed by atoms with Gasteiger partial charge in [-0.1, -0.05) is 75.7 Å². The molecule has 0 N–H and O–H groups in total. The van der Waals surface area contributed by atoms with Crippen LogP contribution < -0.4 is 0 Å². The highest BCUT2D eigenvalue weighted by molar-refractivity contribution is 6.29. The minimum Gasteiger partial charge on any atom is -0.309 e. The number of fused-ring (bicyclic) bond motifs is 3. The molecule has 0 saturated carbocycles. The van der Waals surface area contributed by atoms with Gasteiger partial charge >= 0.3 is 0 Å². The fourth-order valence-electron chi connectivity index (χ4n) is 2.73. The van der Waals surface area contributed by atoms with Crippen LogP contribution in [0.25, 0.3) is 27.5 Å². The van der Waals surface area contributed by atoms with Gasteiger partial charge in [0.2, 0.25) is 0 Å². The number of aromatic nitrogens is 2. The summed E-state index contributed by atoms with van der Waals surface area (Å²) in [7, 11) is 0. The van der Waals surface area contributed by atoms with Crippen molar-refractivity contribution in [2.24, 2.45) is 0 Å². The van der Waals surface area contributed by atoms with Gasteiger partial charge in [-0.15, -0.1) is 0 Å². The van der Waals surface area contributed by atoms with Crippen LogP contribution in [0.2, 0.25) is 5.15 Å². The van der Waals surface area contributed by atoms with Gasteiger partial charge in [0.15, 0.2) is 0 Å². The summed E-state index contributed by atoms with van der Waals surface area (Å²) in [5, 5.41) is 3.00. The summed E-state index contributed by atoms with van der Waals surface area (Å²) in [5.41, 5.74) is 3.38. The lowest BCUT2D eigenvalue weighted by atomic mass is 10.2. The van der Waals surface area contributed by atoms with E-state index in [2.05, 4.69) is 58.1 Å². The molecule has 2 nitrogen and oxygen atoms in total. The zero-order valence-corrected chi connectivity index (χ0v) is 15.4. The summed E-state index contributed by atoms with van der Waals surface area (Å²) in [6.07, 6.45) is 1.74. The van der Waals surface area contributed by atoms with E-state index in [4.69, 9.17) is 11.6 Å². The standard InChI is InChI=1S/C17H11ClN2.2C2H6/c18-17-11-12(9-10-19-17)20-15-7-3-1-5-13(15)14-6-2-4-8-16(14)20;2*1-2/h1-11H;2*1-2H3. The van der Waals surface area contributed by atoms with Crippen molar-refractivity contribution in [3.63, 3.8) is 0 Å². The Morgan fingerprint density at radius 1 is 0.750 bits per heavy atom. The second-order valence-electron chi connectivity index (χ2n) is 4.71. The molecule has 24 heavy (non-hydrogen) atoms. The van der Waals surface area contributed by atoms with E-state index >= 15 is 0 Å². The normalized spacial score (nSPS) is 9.88. The molecule has 2 aromatic heterocycles. The molecule has 0 amide bonds. The van der Waals surface area contributed by atoms with Gasteiger partial charge in [-0.05, 0) is 24.3 Å². The summed E-state index contributed by atoms with van der Waals surface area (Å²) in [6.45, 7) is 8.00. The first-order valence-electron chi connectivity index (χ1n) is 8.45. The average molecular weight is 339 g/mol. The summed E-state index contributed by atoms with van der Waals surface area (Å²) < 4.78 is 2.22. The highest BCUT2D eigenvalue weighted by Gasteiger charge is 2.11. The van der Waals surface area contributed by atoms with Gasteiger partial charge < -0.3 is 4.57 Å². The average Bonchev–Trinajstić information content (AvgIpc) is 3.00. The molecule has 3 heteroatoms. The van der Waals surface area contributed by atoms with Crippen molar-refractivity contribution in [1.82, 2.24) is 9.55 Å². The summed E-state index contributed by atoms with van der Waals surface area (Å²) in [5.74, 6) is 0. The largest absolute Gasteiger partial charge is 0.309 e. The molecule has 4 rings (SSSR count). The molecule has 2 heterocycles. The Kier molecular flexibility index (Phi) is 6.39.